The maximum absolute atomic E-state index is 12.6. The van der Waals surface area contributed by atoms with Crippen molar-refractivity contribution in [1.82, 2.24) is 10.6 Å². The lowest BCUT2D eigenvalue weighted by Crippen LogP contribution is -2.67. The molecular weight excluding hydrogens is 576 g/mol. The van der Waals surface area contributed by atoms with Crippen LogP contribution in [-0.2, 0) is 23.7 Å². The molecule has 15 atom stereocenters. The molecule has 0 bridgehead atoms. The van der Waals surface area contributed by atoms with Gasteiger partial charge in [-0.05, 0) is 39.3 Å². The Morgan fingerprint density at radius 3 is 2.35 bits per heavy atom. The van der Waals surface area contributed by atoms with Crippen LogP contribution in [0.4, 0.5) is 0 Å². The molecule has 3 aliphatic rings. The van der Waals surface area contributed by atoms with Gasteiger partial charge in [0.1, 0.15) is 54.4 Å². The average Bonchev–Trinajstić information content (AvgIpc) is 2.96. The quantitative estimate of drug-likeness (QED) is 0.0798. The number of likely N-dealkylation sites (N-methyl/N-ethyl adjacent to an activating group) is 1. The van der Waals surface area contributed by atoms with Crippen molar-refractivity contribution >= 4 is 5.78 Å². The van der Waals surface area contributed by atoms with Crippen LogP contribution in [0.3, 0.4) is 0 Å². The minimum Gasteiger partial charge on any atom is -0.396 e. The van der Waals surface area contributed by atoms with Crippen LogP contribution in [0.15, 0.2) is 0 Å². The summed E-state index contributed by atoms with van der Waals surface area (Å²) >= 11 is 0. The molecular formula is C26H50N4O13. The normalized spacial score (nSPS) is 44.7. The Kier molecular flexibility index (Phi) is 13.6. The van der Waals surface area contributed by atoms with E-state index in [1.165, 1.54) is 14.0 Å². The number of ketones is 1. The summed E-state index contributed by atoms with van der Waals surface area (Å²) < 4.78 is 23.3. The number of carbonyl (C=O) groups excluding carboxylic acids is 1. The number of hydrogen-bond donors (Lipinski definition) is 12. The van der Waals surface area contributed by atoms with E-state index in [4.69, 9.17) is 35.5 Å². The molecule has 2 saturated heterocycles. The van der Waals surface area contributed by atoms with Gasteiger partial charge < -0.3 is 81.9 Å². The van der Waals surface area contributed by atoms with E-state index in [0.717, 1.165) is 0 Å². The largest absolute Gasteiger partial charge is 0.396 e. The summed E-state index contributed by atoms with van der Waals surface area (Å²) in [6, 6.07) is -1.83. The second-order valence-electron chi connectivity index (χ2n) is 11.9. The number of Topliss-reactive ketones (excluding diaryl/α,β-unsaturated/α-hetero) is 1. The van der Waals surface area contributed by atoms with Gasteiger partial charge in [-0.15, -0.1) is 0 Å². The summed E-state index contributed by atoms with van der Waals surface area (Å²) in [5.74, 6) is -1.40. The van der Waals surface area contributed by atoms with Crippen molar-refractivity contribution < 1.29 is 64.6 Å². The number of aliphatic hydroxyl groups excluding tert-OH is 7. The van der Waals surface area contributed by atoms with Gasteiger partial charge in [0.05, 0.1) is 18.8 Å². The topological polar surface area (TPSA) is 292 Å². The molecule has 0 radical (unpaired) electrons. The van der Waals surface area contributed by atoms with E-state index in [2.05, 4.69) is 10.6 Å². The molecule has 2 aliphatic heterocycles. The molecule has 0 aromatic carbocycles. The van der Waals surface area contributed by atoms with E-state index in [9.17, 15) is 40.5 Å². The predicted octanol–water partition coefficient (Wildman–Crippen LogP) is -6.42. The Hall–Kier alpha value is -0.970. The van der Waals surface area contributed by atoms with Gasteiger partial charge in [-0.25, -0.2) is 0 Å². The lowest BCUT2D eigenvalue weighted by molar-refractivity contribution is -0.333. The number of aliphatic hydroxyl groups is 8. The highest BCUT2D eigenvalue weighted by Crippen LogP contribution is 2.36. The van der Waals surface area contributed by atoms with Crippen LogP contribution in [-0.4, -0.2) is 172 Å². The lowest BCUT2D eigenvalue weighted by atomic mass is 9.76. The van der Waals surface area contributed by atoms with E-state index < -0.39 is 96.9 Å². The van der Waals surface area contributed by atoms with Crippen molar-refractivity contribution in [2.45, 2.75) is 111 Å². The molecule has 1 aliphatic carbocycles. The molecule has 3 fully saturated rings. The van der Waals surface area contributed by atoms with Gasteiger partial charge in [0.2, 0.25) is 0 Å². The molecule has 1 unspecified atom stereocenters. The summed E-state index contributed by atoms with van der Waals surface area (Å²) in [5.41, 5.74) is 10.4. The van der Waals surface area contributed by atoms with Crippen molar-refractivity contribution in [2.75, 3.05) is 39.9 Å². The third-order valence-electron chi connectivity index (χ3n) is 8.44. The van der Waals surface area contributed by atoms with E-state index >= 15 is 0 Å². The molecule has 17 nitrogen and oxygen atoms in total. The van der Waals surface area contributed by atoms with Crippen LogP contribution >= 0.6 is 0 Å². The van der Waals surface area contributed by atoms with Crippen molar-refractivity contribution in [2.24, 2.45) is 17.4 Å². The third kappa shape index (κ3) is 8.64. The number of hydrogen-bond acceptors (Lipinski definition) is 17. The Balaban J connectivity index is 1.81. The monoisotopic (exact) mass is 626 g/mol. The van der Waals surface area contributed by atoms with Crippen LogP contribution in [0.1, 0.15) is 26.2 Å². The maximum Gasteiger partial charge on any atom is 0.187 e. The smallest absolute Gasteiger partial charge is 0.187 e. The molecule has 2 heterocycles. The van der Waals surface area contributed by atoms with Gasteiger partial charge in [-0.2, -0.15) is 0 Å². The molecule has 3 rings (SSSR count). The van der Waals surface area contributed by atoms with Gasteiger partial charge >= 0.3 is 0 Å². The molecule has 0 aromatic heterocycles. The standard InChI is InChI=1S/C26H50N4O13/c1-26(39)10-40-24(20(38)23(26)29-2)42-21-11(7-13(32)14(33)8-27)6-12(28)22(19(21)37)43-25-18(36)17(35)16(34)15(41-25)9-30-4-3-5-31/h11-12,14-25,29-31,33-39H,3-10,27-28H2,1-2H3/t11-,12-,14-,15+,16+,17-,18+,19+,20+,21-,22?,23+,24+,25+,26-/m0/s1. The second-order valence-corrected chi connectivity index (χ2v) is 11.9. The van der Waals surface area contributed by atoms with Crippen LogP contribution in [0.25, 0.3) is 0 Å². The molecule has 0 amide bonds. The highest BCUT2D eigenvalue weighted by atomic mass is 16.7. The molecule has 17 heteroatoms. The average molecular weight is 627 g/mol. The number of ether oxygens (including phenoxy) is 4. The van der Waals surface area contributed by atoms with Crippen LogP contribution < -0.4 is 22.1 Å². The lowest BCUT2D eigenvalue weighted by Gasteiger charge is -2.49. The number of nitrogens with one attached hydrogen (secondary N) is 2. The van der Waals surface area contributed by atoms with Gasteiger partial charge in [-0.3, -0.25) is 4.79 Å². The first kappa shape index (κ1) is 36.5. The van der Waals surface area contributed by atoms with E-state index in [0.29, 0.717) is 13.0 Å². The zero-order valence-corrected chi connectivity index (χ0v) is 24.5. The number of nitrogens with two attached hydrogens (primary N) is 2. The second kappa shape index (κ2) is 16.0. The van der Waals surface area contributed by atoms with Crippen molar-refractivity contribution in [3.8, 4) is 0 Å². The Morgan fingerprint density at radius 2 is 1.72 bits per heavy atom. The highest BCUT2D eigenvalue weighted by molar-refractivity contribution is 5.83. The summed E-state index contributed by atoms with van der Waals surface area (Å²) in [6.45, 7) is 1.32. The molecule has 1 saturated carbocycles. The van der Waals surface area contributed by atoms with Crippen LogP contribution in [0.2, 0.25) is 0 Å². The van der Waals surface area contributed by atoms with Gasteiger partial charge in [0, 0.05) is 32.2 Å². The van der Waals surface area contributed by atoms with Crippen molar-refractivity contribution in [3.05, 3.63) is 0 Å². The minimum absolute atomic E-state index is 0.0194. The summed E-state index contributed by atoms with van der Waals surface area (Å²) in [5, 5.41) is 89.3. The number of carbonyl (C=O) groups is 1. The third-order valence-corrected chi connectivity index (χ3v) is 8.44. The van der Waals surface area contributed by atoms with Crippen LogP contribution in [0.5, 0.6) is 0 Å². The SMILES string of the molecule is CN[C@@H]1[C@@H](O)[C@@H](O[C@H]2[C@H](CC(=O)[C@@H](O)CN)C[C@H](N)C(O[C@H]3O[C@H](CNCCCO)[C@@H](O)[C@H](O)[C@H]3O)[C@@H]2O)OC[C@]1(C)O. The van der Waals surface area contributed by atoms with E-state index in [1.807, 2.05) is 0 Å². The number of rotatable bonds is 14. The first-order valence-electron chi connectivity index (χ1n) is 14.6. The molecule has 14 N–H and O–H groups in total. The van der Waals surface area contributed by atoms with Gasteiger partial charge in [0.15, 0.2) is 18.4 Å². The van der Waals surface area contributed by atoms with Crippen LogP contribution in [0, 0.1) is 5.92 Å². The van der Waals surface area contributed by atoms with Gasteiger partial charge in [0.25, 0.3) is 0 Å². The molecule has 252 valence electrons. The maximum atomic E-state index is 12.6. The Bertz CT molecular complexity index is 875. The zero-order valence-electron chi connectivity index (χ0n) is 24.5. The molecule has 0 aromatic rings. The fourth-order valence-electron chi connectivity index (χ4n) is 5.96. The predicted molar refractivity (Wildman–Crippen MR) is 147 cm³/mol. The Labute approximate surface area is 250 Å². The first-order valence-corrected chi connectivity index (χ1v) is 14.6. The highest BCUT2D eigenvalue weighted by Gasteiger charge is 2.53. The van der Waals surface area contributed by atoms with E-state index in [-0.39, 0.29) is 39.1 Å². The molecule has 0 spiro atoms. The fourth-order valence-corrected chi connectivity index (χ4v) is 5.96. The van der Waals surface area contributed by atoms with Gasteiger partial charge in [-0.1, -0.05) is 0 Å². The summed E-state index contributed by atoms with van der Waals surface area (Å²) in [6.07, 6.45) is -15.6. The fraction of sp³-hybridized carbons (Fsp3) is 0.962. The van der Waals surface area contributed by atoms with E-state index in [1.54, 1.807) is 0 Å². The summed E-state index contributed by atoms with van der Waals surface area (Å²) in [7, 11) is 1.54. The van der Waals surface area contributed by atoms with Crippen molar-refractivity contribution in [1.29, 1.82) is 0 Å². The summed E-state index contributed by atoms with van der Waals surface area (Å²) in [4.78, 5) is 12.6. The minimum atomic E-state index is -1.72. The van der Waals surface area contributed by atoms with Crippen molar-refractivity contribution in [3.63, 3.8) is 0 Å². The molecule has 43 heavy (non-hydrogen) atoms. The zero-order chi connectivity index (χ0) is 32.1. The first-order chi connectivity index (χ1) is 20.3. The Morgan fingerprint density at radius 1 is 1.05 bits per heavy atom.